The number of thiazole rings is 1. The van der Waals surface area contributed by atoms with Crippen molar-refractivity contribution in [1.29, 1.82) is 0 Å². The number of carbonyl (C=O) groups excluding carboxylic acids is 2. The molecule has 0 spiro atoms. The van der Waals surface area contributed by atoms with Gasteiger partial charge in [-0.05, 0) is 20.3 Å². The topological polar surface area (TPSA) is 59.5 Å². The second kappa shape index (κ2) is 7.90. The molecule has 5 nitrogen and oxygen atoms in total. The van der Waals surface area contributed by atoms with Crippen LogP contribution in [0.3, 0.4) is 0 Å². The van der Waals surface area contributed by atoms with Crippen LogP contribution in [0.4, 0.5) is 0 Å². The minimum Gasteiger partial charge on any atom is -0.354 e. The average Bonchev–Trinajstić information content (AvgIpc) is 3.22. The van der Waals surface area contributed by atoms with Crippen molar-refractivity contribution in [3.8, 4) is 0 Å². The van der Waals surface area contributed by atoms with Crippen molar-refractivity contribution >= 4 is 34.1 Å². The molecule has 138 valence electrons. The molecule has 1 saturated heterocycles. The van der Waals surface area contributed by atoms with Crippen molar-refractivity contribution in [2.75, 3.05) is 6.61 Å². The number of thioether (sulfide) groups is 1. The van der Waals surface area contributed by atoms with E-state index in [0.29, 0.717) is 18.6 Å². The van der Waals surface area contributed by atoms with Crippen LogP contribution in [0.5, 0.6) is 0 Å². The van der Waals surface area contributed by atoms with Crippen molar-refractivity contribution in [3.63, 3.8) is 0 Å². The number of carbonyl (C=O) groups is 2. The van der Waals surface area contributed by atoms with Crippen LogP contribution in [-0.4, -0.2) is 39.3 Å². The van der Waals surface area contributed by atoms with Gasteiger partial charge in [0, 0.05) is 23.6 Å². The largest absolute Gasteiger partial charge is 0.354 e. The van der Waals surface area contributed by atoms with E-state index < -0.39 is 5.72 Å². The second-order valence-electron chi connectivity index (χ2n) is 6.70. The number of benzene rings is 1. The lowest BCUT2D eigenvalue weighted by molar-refractivity contribution is -0.143. The summed E-state index contributed by atoms with van der Waals surface area (Å²) < 4.78 is 5.83. The van der Waals surface area contributed by atoms with Crippen molar-refractivity contribution in [3.05, 3.63) is 52.5 Å². The number of amides is 1. The molecule has 1 aliphatic rings. The first kappa shape index (κ1) is 19.1. The van der Waals surface area contributed by atoms with Crippen LogP contribution in [-0.2, 0) is 9.53 Å². The molecule has 2 atom stereocenters. The number of aromatic nitrogens is 1. The van der Waals surface area contributed by atoms with E-state index in [4.69, 9.17) is 4.74 Å². The molecular formula is C19H22N2O3S2. The van der Waals surface area contributed by atoms with E-state index in [1.807, 2.05) is 44.2 Å². The Morgan fingerprint density at radius 2 is 2.12 bits per heavy atom. The highest BCUT2D eigenvalue weighted by molar-refractivity contribution is 8.14. The maximum atomic E-state index is 12.7. The Morgan fingerprint density at radius 1 is 1.38 bits per heavy atom. The van der Waals surface area contributed by atoms with Gasteiger partial charge in [-0.25, -0.2) is 0 Å². The maximum Gasteiger partial charge on any atom is 0.222 e. The molecule has 1 amide bonds. The summed E-state index contributed by atoms with van der Waals surface area (Å²) in [6.45, 7) is 5.84. The van der Waals surface area contributed by atoms with Crippen molar-refractivity contribution in [1.82, 2.24) is 9.88 Å². The Labute approximate surface area is 161 Å². The van der Waals surface area contributed by atoms with E-state index in [-0.39, 0.29) is 22.3 Å². The molecule has 0 aliphatic carbocycles. The zero-order chi connectivity index (χ0) is 18.7. The SMILES string of the molecule is CC(=O)N1C(C[C@@H](SC(=O)c2ccccc2)c2cncs2)COC1(C)C. The van der Waals surface area contributed by atoms with E-state index in [0.717, 1.165) is 4.88 Å². The first-order valence-electron chi connectivity index (χ1n) is 8.47. The molecule has 1 aromatic carbocycles. The van der Waals surface area contributed by atoms with Crippen LogP contribution in [0.2, 0.25) is 0 Å². The van der Waals surface area contributed by atoms with E-state index in [1.165, 1.54) is 23.1 Å². The van der Waals surface area contributed by atoms with Gasteiger partial charge in [0.05, 0.1) is 23.4 Å². The molecule has 1 fully saturated rings. The summed E-state index contributed by atoms with van der Waals surface area (Å²) in [5.41, 5.74) is 1.83. The van der Waals surface area contributed by atoms with Gasteiger partial charge in [-0.2, -0.15) is 0 Å². The molecule has 1 aliphatic heterocycles. The first-order chi connectivity index (χ1) is 12.4. The zero-order valence-electron chi connectivity index (χ0n) is 15.0. The third-order valence-electron chi connectivity index (χ3n) is 4.43. The molecule has 26 heavy (non-hydrogen) atoms. The van der Waals surface area contributed by atoms with E-state index in [1.54, 1.807) is 23.5 Å². The number of rotatable bonds is 5. The van der Waals surface area contributed by atoms with Gasteiger partial charge in [-0.15, -0.1) is 11.3 Å². The smallest absolute Gasteiger partial charge is 0.222 e. The number of nitrogens with zero attached hydrogens (tertiary/aromatic N) is 2. The Balaban J connectivity index is 1.80. The van der Waals surface area contributed by atoms with Gasteiger partial charge in [-0.3, -0.25) is 14.6 Å². The summed E-state index contributed by atoms with van der Waals surface area (Å²) in [5.74, 6) is -0.0139. The highest BCUT2D eigenvalue weighted by Gasteiger charge is 2.43. The standard InChI is InChI=1S/C19H22N2O3S2/c1-13(22)21-15(11-24-19(21,2)3)9-16(17-10-20-12-25-17)26-18(23)14-7-5-4-6-8-14/h4-8,10,12,15-16H,9,11H2,1-3H3/t15?,16-/m1/s1. The molecule has 3 rings (SSSR count). The number of hydrogen-bond acceptors (Lipinski definition) is 6. The third kappa shape index (κ3) is 4.16. The molecule has 1 aromatic heterocycles. The average molecular weight is 391 g/mol. The van der Waals surface area contributed by atoms with Gasteiger partial charge in [0.1, 0.15) is 5.72 Å². The minimum atomic E-state index is -0.622. The minimum absolute atomic E-state index is 0.0139. The van der Waals surface area contributed by atoms with Gasteiger partial charge in [0.2, 0.25) is 11.0 Å². The summed E-state index contributed by atoms with van der Waals surface area (Å²) in [7, 11) is 0. The predicted octanol–water partition coefficient (Wildman–Crippen LogP) is 4.13. The molecule has 0 bridgehead atoms. The van der Waals surface area contributed by atoms with E-state index in [9.17, 15) is 9.59 Å². The van der Waals surface area contributed by atoms with Crippen LogP contribution in [0.1, 0.15) is 47.7 Å². The fourth-order valence-electron chi connectivity index (χ4n) is 3.32. The Morgan fingerprint density at radius 3 is 2.73 bits per heavy atom. The summed E-state index contributed by atoms with van der Waals surface area (Å²) >= 11 is 2.83. The molecule has 7 heteroatoms. The first-order valence-corrected chi connectivity index (χ1v) is 10.2. The molecule has 0 saturated carbocycles. The van der Waals surface area contributed by atoms with Gasteiger partial charge in [0.25, 0.3) is 0 Å². The monoisotopic (exact) mass is 390 g/mol. The van der Waals surface area contributed by atoms with Gasteiger partial charge in [-0.1, -0.05) is 42.1 Å². The molecular weight excluding hydrogens is 368 g/mol. The summed E-state index contributed by atoms with van der Waals surface area (Å²) in [6.07, 6.45) is 2.45. The second-order valence-corrected chi connectivity index (χ2v) is 8.79. The Bertz CT molecular complexity index is 762. The van der Waals surface area contributed by atoms with Crippen LogP contribution < -0.4 is 0 Å². The van der Waals surface area contributed by atoms with Crippen molar-refractivity contribution in [2.45, 2.75) is 44.2 Å². The molecule has 2 heterocycles. The van der Waals surface area contributed by atoms with Crippen molar-refractivity contribution < 1.29 is 14.3 Å². The Kier molecular flexibility index (Phi) is 5.79. The maximum absolute atomic E-state index is 12.7. The molecule has 2 aromatic rings. The lowest BCUT2D eigenvalue weighted by atomic mass is 10.1. The lowest BCUT2D eigenvalue weighted by Gasteiger charge is -2.33. The van der Waals surface area contributed by atoms with Gasteiger partial charge >= 0.3 is 0 Å². The summed E-state index contributed by atoms with van der Waals surface area (Å²) in [5, 5.41) is -0.0453. The van der Waals surface area contributed by atoms with Crippen LogP contribution >= 0.6 is 23.1 Å². The van der Waals surface area contributed by atoms with Crippen molar-refractivity contribution in [2.24, 2.45) is 0 Å². The highest BCUT2D eigenvalue weighted by atomic mass is 32.2. The Hall–Kier alpha value is -1.70. The lowest BCUT2D eigenvalue weighted by Crippen LogP contribution is -2.47. The van der Waals surface area contributed by atoms with Crippen LogP contribution in [0.15, 0.2) is 42.0 Å². The fourth-order valence-corrected chi connectivity index (χ4v) is 5.27. The highest BCUT2D eigenvalue weighted by Crippen LogP contribution is 2.41. The quantitative estimate of drug-likeness (QED) is 0.768. The normalized spacial score (nSPS) is 20.1. The van der Waals surface area contributed by atoms with Gasteiger partial charge in [0.15, 0.2) is 0 Å². The molecule has 1 unspecified atom stereocenters. The predicted molar refractivity (Wildman–Crippen MR) is 104 cm³/mol. The van der Waals surface area contributed by atoms with E-state index >= 15 is 0 Å². The summed E-state index contributed by atoms with van der Waals surface area (Å²) in [6, 6.07) is 9.20. The third-order valence-corrected chi connectivity index (χ3v) is 6.65. The summed E-state index contributed by atoms with van der Waals surface area (Å²) in [4.78, 5) is 31.8. The van der Waals surface area contributed by atoms with Crippen LogP contribution in [0.25, 0.3) is 0 Å². The van der Waals surface area contributed by atoms with Gasteiger partial charge < -0.3 is 9.64 Å². The van der Waals surface area contributed by atoms with E-state index in [2.05, 4.69) is 4.98 Å². The molecule has 0 N–H and O–H groups in total. The fraction of sp³-hybridized carbons (Fsp3) is 0.421. The van der Waals surface area contributed by atoms with Crippen LogP contribution in [0, 0.1) is 0 Å². The number of hydrogen-bond donors (Lipinski definition) is 0. The zero-order valence-corrected chi connectivity index (χ0v) is 16.7. The molecule has 0 radical (unpaired) electrons. The number of ether oxygens (including phenoxy) is 1.